The number of nitrogens with one attached hydrogen (secondary N) is 3. The summed E-state index contributed by atoms with van der Waals surface area (Å²) in [4.78, 5) is 25.9. The van der Waals surface area contributed by atoms with Crippen LogP contribution in [0.15, 0.2) is 82.6 Å². The molecule has 0 bridgehead atoms. The van der Waals surface area contributed by atoms with Gasteiger partial charge in [0.25, 0.3) is 21.5 Å². The highest BCUT2D eigenvalue weighted by atomic mass is 32.2. The van der Waals surface area contributed by atoms with Crippen molar-refractivity contribution in [3.05, 3.63) is 94.4 Å². The maximum Gasteiger partial charge on any atom is 0.277 e. The van der Waals surface area contributed by atoms with Crippen LogP contribution in [0.5, 0.6) is 0 Å². The largest absolute Gasteiger partial charge is 0.384 e. The normalized spacial score (nSPS) is 12.0. The molecule has 1 amide bonds. The molecule has 3 aromatic rings. The summed E-state index contributed by atoms with van der Waals surface area (Å²) in [6.07, 6.45) is 0.0414. The fourth-order valence-electron chi connectivity index (χ4n) is 3.09. The van der Waals surface area contributed by atoms with Gasteiger partial charge in [0.15, 0.2) is 0 Å². The van der Waals surface area contributed by atoms with E-state index in [0.717, 1.165) is 10.1 Å². The Morgan fingerprint density at radius 3 is 2.38 bits per heavy atom. The zero-order valence-electron chi connectivity index (χ0n) is 18.4. The number of rotatable bonds is 10. The second kappa shape index (κ2) is 10.8. The topological polar surface area (TPSA) is 156 Å². The molecule has 3 rings (SSSR count). The van der Waals surface area contributed by atoms with Gasteiger partial charge in [0.2, 0.25) is 6.23 Å². The molecule has 1 aromatic heterocycles. The molecule has 0 fully saturated rings. The highest BCUT2D eigenvalue weighted by molar-refractivity contribution is 7.92. The first-order chi connectivity index (χ1) is 16.2. The Kier molecular flexibility index (Phi) is 7.82. The van der Waals surface area contributed by atoms with Gasteiger partial charge in [0, 0.05) is 24.9 Å². The summed E-state index contributed by atoms with van der Waals surface area (Å²) in [6, 6.07) is 17.2. The lowest BCUT2D eigenvalue weighted by molar-refractivity contribution is -0.139. The van der Waals surface area contributed by atoms with Crippen LogP contribution in [0.1, 0.15) is 24.3 Å². The minimum atomic E-state index is -4.00. The first-order valence-electron chi connectivity index (χ1n) is 10.3. The third-order valence-corrected chi connectivity index (χ3v) is 6.19. The van der Waals surface area contributed by atoms with Crippen molar-refractivity contribution >= 4 is 27.5 Å². The molecule has 1 atom stereocenters. The summed E-state index contributed by atoms with van der Waals surface area (Å²) in [5.74, 6) is -0.642. The van der Waals surface area contributed by atoms with Crippen molar-refractivity contribution in [3.8, 4) is 0 Å². The van der Waals surface area contributed by atoms with Crippen LogP contribution in [0.25, 0.3) is 0 Å². The summed E-state index contributed by atoms with van der Waals surface area (Å²) in [5, 5.41) is 10.1. The third kappa shape index (κ3) is 5.88. The molecule has 10 nitrogen and oxygen atoms in total. The van der Waals surface area contributed by atoms with Crippen molar-refractivity contribution in [1.82, 2.24) is 9.88 Å². The van der Waals surface area contributed by atoms with Gasteiger partial charge in [0.1, 0.15) is 11.5 Å². The highest BCUT2D eigenvalue weighted by Crippen LogP contribution is 2.15. The van der Waals surface area contributed by atoms with Crippen LogP contribution in [0.4, 0.5) is 5.69 Å². The molecule has 0 saturated heterocycles. The molecular weight excluding hydrogens is 458 g/mol. The van der Waals surface area contributed by atoms with Crippen LogP contribution in [0.3, 0.4) is 0 Å². The predicted molar refractivity (Wildman–Crippen MR) is 128 cm³/mol. The molecule has 2 aromatic carbocycles. The van der Waals surface area contributed by atoms with E-state index in [1.807, 2.05) is 0 Å². The number of nitrogens with two attached hydrogens (primary N) is 1. The lowest BCUT2D eigenvalue weighted by atomic mass is 10.1. The van der Waals surface area contributed by atoms with E-state index in [9.17, 15) is 18.0 Å². The first-order valence-corrected chi connectivity index (χ1v) is 11.8. The lowest BCUT2D eigenvalue weighted by Gasteiger charge is -2.20. The standard InChI is InChI=1S/C23H25N5O5S/c1-2-33-23(21(29)26-15-16-10-12-17(13-11-16)20(24)25)28-14-6-9-19(22(28)30)27-34(31,32)18-7-4-3-5-8-18/h3-14,23,27H,2,15H2,1H3,(H3,24,25)(H,26,29). The molecule has 0 aliphatic heterocycles. The minimum absolute atomic E-state index is 0.000282. The number of pyridine rings is 1. The van der Waals surface area contributed by atoms with E-state index in [2.05, 4.69) is 10.0 Å². The van der Waals surface area contributed by atoms with E-state index in [1.54, 1.807) is 49.4 Å². The number of carbonyl (C=O) groups is 1. The predicted octanol–water partition coefficient (Wildman–Crippen LogP) is 1.78. The van der Waals surface area contributed by atoms with Crippen molar-refractivity contribution in [2.75, 3.05) is 11.3 Å². The quantitative estimate of drug-likeness (QED) is 0.254. The first kappa shape index (κ1) is 24.7. The highest BCUT2D eigenvalue weighted by Gasteiger charge is 2.24. The molecule has 178 valence electrons. The maximum absolute atomic E-state index is 13.0. The van der Waals surface area contributed by atoms with Gasteiger partial charge >= 0.3 is 0 Å². The van der Waals surface area contributed by atoms with E-state index in [4.69, 9.17) is 15.9 Å². The van der Waals surface area contributed by atoms with Gasteiger partial charge in [-0.25, -0.2) is 8.42 Å². The smallest absolute Gasteiger partial charge is 0.277 e. The van der Waals surface area contributed by atoms with Crippen LogP contribution < -0.4 is 21.3 Å². The summed E-state index contributed by atoms with van der Waals surface area (Å²) in [5.41, 5.74) is 5.80. The molecule has 0 aliphatic carbocycles. The minimum Gasteiger partial charge on any atom is -0.384 e. The Bertz CT molecular complexity index is 1320. The number of anilines is 1. The Morgan fingerprint density at radius 2 is 1.76 bits per heavy atom. The zero-order valence-corrected chi connectivity index (χ0v) is 19.2. The number of ether oxygens (including phenoxy) is 1. The van der Waals surface area contributed by atoms with E-state index in [0.29, 0.717) is 5.56 Å². The fraction of sp³-hybridized carbons (Fsp3) is 0.174. The van der Waals surface area contributed by atoms with Crippen molar-refractivity contribution in [1.29, 1.82) is 5.41 Å². The van der Waals surface area contributed by atoms with E-state index in [1.165, 1.54) is 30.5 Å². The van der Waals surface area contributed by atoms with Crippen molar-refractivity contribution < 1.29 is 17.9 Å². The molecule has 34 heavy (non-hydrogen) atoms. The number of amides is 1. The van der Waals surface area contributed by atoms with Crippen LogP contribution in [0.2, 0.25) is 0 Å². The number of sulfonamides is 1. The van der Waals surface area contributed by atoms with Gasteiger partial charge in [-0.15, -0.1) is 0 Å². The second-order valence-electron chi connectivity index (χ2n) is 7.19. The summed E-state index contributed by atoms with van der Waals surface area (Å²) >= 11 is 0. The molecule has 0 radical (unpaired) electrons. The van der Waals surface area contributed by atoms with Gasteiger partial charge in [0.05, 0.1) is 4.90 Å². The number of hydrogen-bond acceptors (Lipinski definition) is 6. The van der Waals surface area contributed by atoms with Gasteiger partial charge < -0.3 is 15.8 Å². The summed E-state index contributed by atoms with van der Waals surface area (Å²) < 4.78 is 34.1. The van der Waals surface area contributed by atoms with E-state index >= 15 is 0 Å². The van der Waals surface area contributed by atoms with Gasteiger partial charge in [-0.05, 0) is 36.8 Å². The van der Waals surface area contributed by atoms with Crippen LogP contribution in [-0.4, -0.2) is 31.3 Å². The van der Waals surface area contributed by atoms with Gasteiger partial charge in [-0.3, -0.25) is 24.3 Å². The summed E-state index contributed by atoms with van der Waals surface area (Å²) in [7, 11) is -4.00. The number of nitrogen functional groups attached to an aromatic ring is 1. The number of benzene rings is 2. The molecule has 1 heterocycles. The van der Waals surface area contributed by atoms with E-state index in [-0.39, 0.29) is 29.6 Å². The maximum atomic E-state index is 13.0. The number of nitrogens with zero attached hydrogens (tertiary/aromatic N) is 1. The molecular formula is C23H25N5O5S. The summed E-state index contributed by atoms with van der Waals surface area (Å²) in [6.45, 7) is 1.96. The molecule has 1 unspecified atom stereocenters. The number of carbonyl (C=O) groups excluding carboxylic acids is 1. The van der Waals surface area contributed by atoms with Crippen LogP contribution >= 0.6 is 0 Å². The average Bonchev–Trinajstić information content (AvgIpc) is 2.83. The molecule has 5 N–H and O–H groups in total. The SMILES string of the molecule is CCOC(C(=O)NCc1ccc(C(=N)N)cc1)n1cccc(NS(=O)(=O)c2ccccc2)c1=O. The third-order valence-electron chi connectivity index (χ3n) is 4.81. The average molecular weight is 484 g/mol. The molecule has 11 heteroatoms. The molecule has 0 spiro atoms. The second-order valence-corrected chi connectivity index (χ2v) is 8.87. The molecule has 0 aliphatic rings. The Hall–Kier alpha value is -3.96. The monoisotopic (exact) mass is 483 g/mol. The lowest BCUT2D eigenvalue weighted by Crippen LogP contribution is -2.39. The van der Waals surface area contributed by atoms with E-state index < -0.39 is 27.7 Å². The van der Waals surface area contributed by atoms with Crippen molar-refractivity contribution in [2.24, 2.45) is 5.73 Å². The van der Waals surface area contributed by atoms with Crippen molar-refractivity contribution in [2.45, 2.75) is 24.6 Å². The number of hydrogen-bond donors (Lipinski definition) is 4. The number of aromatic nitrogens is 1. The number of amidine groups is 1. The van der Waals surface area contributed by atoms with Gasteiger partial charge in [-0.1, -0.05) is 42.5 Å². The Labute approximate surface area is 196 Å². The fourth-order valence-corrected chi connectivity index (χ4v) is 4.17. The van der Waals surface area contributed by atoms with Crippen LogP contribution in [0, 0.1) is 5.41 Å². The Morgan fingerprint density at radius 1 is 1.09 bits per heavy atom. The Balaban J connectivity index is 1.80. The van der Waals surface area contributed by atoms with Crippen molar-refractivity contribution in [3.63, 3.8) is 0 Å². The molecule has 0 saturated carbocycles. The van der Waals surface area contributed by atoms with Crippen LogP contribution in [-0.2, 0) is 26.1 Å². The zero-order chi connectivity index (χ0) is 24.7. The van der Waals surface area contributed by atoms with Gasteiger partial charge in [-0.2, -0.15) is 0 Å².